The van der Waals surface area contributed by atoms with Gasteiger partial charge < -0.3 is 9.15 Å². The van der Waals surface area contributed by atoms with Crippen LogP contribution < -0.4 is 4.74 Å². The van der Waals surface area contributed by atoms with E-state index in [9.17, 15) is 0 Å². The second-order valence-corrected chi connectivity index (χ2v) is 3.40. The minimum absolute atomic E-state index is 0.757. The highest BCUT2D eigenvalue weighted by Gasteiger charge is 2.01. The third-order valence-electron chi connectivity index (χ3n) is 2.28. The van der Waals surface area contributed by atoms with Crippen molar-refractivity contribution in [3.8, 4) is 11.5 Å². The average molecular weight is 211 g/mol. The summed E-state index contributed by atoms with van der Waals surface area (Å²) in [6.45, 7) is 0. The summed E-state index contributed by atoms with van der Waals surface area (Å²) < 4.78 is 10.8. The van der Waals surface area contributed by atoms with Crippen LogP contribution in [0.15, 0.2) is 59.3 Å². The number of aromatic nitrogens is 1. The van der Waals surface area contributed by atoms with Gasteiger partial charge in [0.25, 0.3) is 0 Å². The number of nitrogens with zero attached hydrogens (tertiary/aromatic N) is 1. The molecular formula is C13H9NO2. The highest BCUT2D eigenvalue weighted by atomic mass is 16.5. The van der Waals surface area contributed by atoms with Gasteiger partial charge in [-0.1, -0.05) is 18.2 Å². The van der Waals surface area contributed by atoms with Gasteiger partial charge in [0.2, 0.25) is 0 Å². The van der Waals surface area contributed by atoms with Crippen molar-refractivity contribution in [1.82, 2.24) is 4.98 Å². The molecule has 3 heteroatoms. The van der Waals surface area contributed by atoms with Gasteiger partial charge in [0.15, 0.2) is 12.0 Å². The molecule has 0 unspecified atom stereocenters. The molecule has 3 nitrogen and oxygen atoms in total. The van der Waals surface area contributed by atoms with Crippen molar-refractivity contribution >= 4 is 11.1 Å². The Morgan fingerprint density at radius 1 is 0.938 bits per heavy atom. The van der Waals surface area contributed by atoms with E-state index in [1.54, 1.807) is 0 Å². The highest BCUT2D eigenvalue weighted by molar-refractivity contribution is 5.73. The lowest BCUT2D eigenvalue weighted by Crippen LogP contribution is -1.82. The summed E-state index contributed by atoms with van der Waals surface area (Å²) >= 11 is 0. The second-order valence-electron chi connectivity index (χ2n) is 3.40. The van der Waals surface area contributed by atoms with Crippen molar-refractivity contribution in [3.05, 3.63) is 54.9 Å². The first-order valence-electron chi connectivity index (χ1n) is 4.98. The van der Waals surface area contributed by atoms with Crippen molar-refractivity contribution in [2.24, 2.45) is 0 Å². The van der Waals surface area contributed by atoms with E-state index in [2.05, 4.69) is 4.98 Å². The predicted octanol–water partition coefficient (Wildman–Crippen LogP) is 3.62. The van der Waals surface area contributed by atoms with Crippen LogP contribution in [0.4, 0.5) is 0 Å². The van der Waals surface area contributed by atoms with Crippen LogP contribution in [0, 0.1) is 0 Å². The Kier molecular flexibility index (Phi) is 2.07. The molecule has 0 aliphatic carbocycles. The van der Waals surface area contributed by atoms with Crippen LogP contribution in [0.25, 0.3) is 11.1 Å². The molecule has 0 N–H and O–H groups in total. The first kappa shape index (κ1) is 8.97. The summed E-state index contributed by atoms with van der Waals surface area (Å²) in [6, 6.07) is 15.2. The smallest absolute Gasteiger partial charge is 0.181 e. The molecule has 78 valence electrons. The molecule has 1 heterocycles. The number of para-hydroxylation sites is 1. The van der Waals surface area contributed by atoms with Crippen LogP contribution in [0.2, 0.25) is 0 Å². The molecule has 0 aliphatic rings. The van der Waals surface area contributed by atoms with Gasteiger partial charge in [0.05, 0.1) is 0 Å². The number of rotatable bonds is 2. The second kappa shape index (κ2) is 3.70. The van der Waals surface area contributed by atoms with Crippen molar-refractivity contribution in [2.45, 2.75) is 0 Å². The molecule has 16 heavy (non-hydrogen) atoms. The first-order valence-corrected chi connectivity index (χ1v) is 4.98. The van der Waals surface area contributed by atoms with Crippen molar-refractivity contribution in [2.75, 3.05) is 0 Å². The van der Waals surface area contributed by atoms with Gasteiger partial charge >= 0.3 is 0 Å². The monoisotopic (exact) mass is 211 g/mol. The SMILES string of the molecule is c1ccc(Oc2ccc3ocnc3c2)cc1. The number of fused-ring (bicyclic) bond motifs is 1. The molecule has 3 rings (SSSR count). The van der Waals surface area contributed by atoms with Gasteiger partial charge in [-0.05, 0) is 24.3 Å². The van der Waals surface area contributed by atoms with Crippen molar-refractivity contribution in [1.29, 1.82) is 0 Å². The summed E-state index contributed by atoms with van der Waals surface area (Å²) in [4.78, 5) is 4.07. The molecule has 0 amide bonds. The third-order valence-corrected chi connectivity index (χ3v) is 2.28. The average Bonchev–Trinajstić information content (AvgIpc) is 2.77. The van der Waals surface area contributed by atoms with Crippen LogP contribution in [0.5, 0.6) is 11.5 Å². The van der Waals surface area contributed by atoms with Gasteiger partial charge in [0, 0.05) is 6.07 Å². The normalized spacial score (nSPS) is 10.5. The van der Waals surface area contributed by atoms with E-state index >= 15 is 0 Å². The zero-order valence-electron chi connectivity index (χ0n) is 8.46. The molecule has 3 aromatic rings. The topological polar surface area (TPSA) is 35.3 Å². The number of ether oxygens (including phenoxy) is 1. The molecule has 0 bridgehead atoms. The highest BCUT2D eigenvalue weighted by Crippen LogP contribution is 2.24. The van der Waals surface area contributed by atoms with Gasteiger partial charge in [0.1, 0.15) is 17.0 Å². The number of hydrogen-bond donors (Lipinski definition) is 0. The number of benzene rings is 2. The van der Waals surface area contributed by atoms with Crippen molar-refractivity contribution < 1.29 is 9.15 Å². The van der Waals surface area contributed by atoms with Gasteiger partial charge in [-0.25, -0.2) is 4.98 Å². The lowest BCUT2D eigenvalue weighted by molar-refractivity contribution is 0.483. The Labute approximate surface area is 92.3 Å². The summed E-state index contributed by atoms with van der Waals surface area (Å²) in [7, 11) is 0. The fourth-order valence-corrected chi connectivity index (χ4v) is 1.53. The molecule has 0 saturated carbocycles. The zero-order valence-corrected chi connectivity index (χ0v) is 8.46. The van der Waals surface area contributed by atoms with Crippen LogP contribution in [-0.2, 0) is 0 Å². The molecule has 2 aromatic carbocycles. The Hall–Kier alpha value is -2.29. The molecule has 0 fully saturated rings. The van der Waals surface area contributed by atoms with E-state index in [4.69, 9.17) is 9.15 Å². The third kappa shape index (κ3) is 1.63. The largest absolute Gasteiger partial charge is 0.457 e. The maximum Gasteiger partial charge on any atom is 0.181 e. The van der Waals surface area contributed by atoms with Gasteiger partial charge in [-0.2, -0.15) is 0 Å². The Morgan fingerprint density at radius 3 is 2.69 bits per heavy atom. The summed E-state index contributed by atoms with van der Waals surface area (Å²) in [6.07, 6.45) is 1.43. The standard InChI is InChI=1S/C13H9NO2/c1-2-4-10(5-3-1)16-11-6-7-13-12(8-11)14-9-15-13/h1-9H. The lowest BCUT2D eigenvalue weighted by atomic mass is 10.3. The van der Waals surface area contributed by atoms with E-state index < -0.39 is 0 Å². The predicted molar refractivity (Wildman–Crippen MR) is 60.5 cm³/mol. The van der Waals surface area contributed by atoms with E-state index in [1.807, 2.05) is 48.5 Å². The summed E-state index contributed by atoms with van der Waals surface area (Å²) in [5.74, 6) is 1.57. The van der Waals surface area contributed by atoms with Crippen molar-refractivity contribution in [3.63, 3.8) is 0 Å². The van der Waals surface area contributed by atoms with Gasteiger partial charge in [-0.3, -0.25) is 0 Å². The van der Waals surface area contributed by atoms with Crippen LogP contribution >= 0.6 is 0 Å². The molecule has 1 aromatic heterocycles. The van der Waals surface area contributed by atoms with E-state index in [-0.39, 0.29) is 0 Å². The lowest BCUT2D eigenvalue weighted by Gasteiger charge is -2.04. The Balaban J connectivity index is 1.94. The Morgan fingerprint density at radius 2 is 1.81 bits per heavy atom. The molecule has 0 aliphatic heterocycles. The fraction of sp³-hybridized carbons (Fsp3) is 0. The molecule has 0 spiro atoms. The van der Waals surface area contributed by atoms with Crippen LogP contribution in [0.1, 0.15) is 0 Å². The molecule has 0 atom stereocenters. The molecule has 0 saturated heterocycles. The summed E-state index contributed by atoms with van der Waals surface area (Å²) in [5, 5.41) is 0. The minimum atomic E-state index is 0.757. The molecular weight excluding hydrogens is 202 g/mol. The van der Waals surface area contributed by atoms with E-state index in [0.29, 0.717) is 0 Å². The van der Waals surface area contributed by atoms with Crippen LogP contribution in [0.3, 0.4) is 0 Å². The minimum Gasteiger partial charge on any atom is -0.457 e. The molecule has 0 radical (unpaired) electrons. The van der Waals surface area contributed by atoms with Gasteiger partial charge in [-0.15, -0.1) is 0 Å². The van der Waals surface area contributed by atoms with Crippen LogP contribution in [-0.4, -0.2) is 4.98 Å². The number of oxazole rings is 1. The zero-order chi connectivity index (χ0) is 10.8. The quantitative estimate of drug-likeness (QED) is 0.649. The van der Waals surface area contributed by atoms with E-state index in [0.717, 1.165) is 22.6 Å². The number of hydrogen-bond acceptors (Lipinski definition) is 3. The Bertz CT molecular complexity index is 601. The first-order chi connectivity index (χ1) is 7.92. The summed E-state index contributed by atoms with van der Waals surface area (Å²) in [5.41, 5.74) is 1.56. The maximum atomic E-state index is 5.67. The van der Waals surface area contributed by atoms with E-state index in [1.165, 1.54) is 6.39 Å². The fourth-order valence-electron chi connectivity index (χ4n) is 1.53. The maximum absolute atomic E-state index is 5.67.